The second kappa shape index (κ2) is 6.68. The Morgan fingerprint density at radius 1 is 1.38 bits per heavy atom. The van der Waals surface area contributed by atoms with Crippen LogP contribution in [0, 0.1) is 0 Å². The number of hydrogen-bond donors (Lipinski definition) is 2. The quantitative estimate of drug-likeness (QED) is 0.722. The Hall–Kier alpha value is -0.840. The Kier molecular flexibility index (Phi) is 5.52. The van der Waals surface area contributed by atoms with E-state index in [4.69, 9.17) is 12.2 Å². The van der Waals surface area contributed by atoms with Crippen LogP contribution >= 0.6 is 12.2 Å². The zero-order valence-electron chi connectivity index (χ0n) is 10.1. The summed E-state index contributed by atoms with van der Waals surface area (Å²) in [7, 11) is 3.47. The predicted molar refractivity (Wildman–Crippen MR) is 69.3 cm³/mol. The van der Waals surface area contributed by atoms with Gasteiger partial charge in [-0.1, -0.05) is 19.3 Å². The van der Waals surface area contributed by atoms with Gasteiger partial charge in [0, 0.05) is 20.1 Å². The molecule has 1 amide bonds. The van der Waals surface area contributed by atoms with Gasteiger partial charge in [-0.05, 0) is 25.1 Å². The Balaban J connectivity index is 2.29. The van der Waals surface area contributed by atoms with Gasteiger partial charge in [0.1, 0.15) is 0 Å². The molecule has 1 saturated carbocycles. The maximum atomic E-state index is 11.2. The Morgan fingerprint density at radius 3 is 2.56 bits per heavy atom. The first-order chi connectivity index (χ1) is 7.63. The summed E-state index contributed by atoms with van der Waals surface area (Å²) in [6, 6.07) is 0.494. The summed E-state index contributed by atoms with van der Waals surface area (Å²) in [5.74, 6) is -0.0182. The summed E-state index contributed by atoms with van der Waals surface area (Å²) < 4.78 is 0. The first-order valence-electron chi connectivity index (χ1n) is 5.85. The minimum Gasteiger partial charge on any atom is -0.360 e. The molecule has 16 heavy (non-hydrogen) atoms. The van der Waals surface area contributed by atoms with E-state index in [0.29, 0.717) is 17.7 Å². The van der Waals surface area contributed by atoms with Crippen LogP contribution in [0.2, 0.25) is 0 Å². The Labute approximate surface area is 103 Å². The maximum Gasteiger partial charge on any atom is 0.239 e. The molecule has 92 valence electrons. The number of nitrogens with one attached hydrogen (secondary N) is 2. The second-order valence-electron chi connectivity index (χ2n) is 4.31. The minimum absolute atomic E-state index is 0.0182. The van der Waals surface area contributed by atoms with Gasteiger partial charge in [-0.3, -0.25) is 4.79 Å². The number of hydrogen-bond acceptors (Lipinski definition) is 2. The molecule has 0 unspecified atom stereocenters. The summed E-state index contributed by atoms with van der Waals surface area (Å²) in [4.78, 5) is 13.0. The van der Waals surface area contributed by atoms with Gasteiger partial charge >= 0.3 is 0 Å². The number of thiocarbonyl (C=S) groups is 1. The molecule has 0 aliphatic heterocycles. The average Bonchev–Trinajstić information content (AvgIpc) is 2.30. The van der Waals surface area contributed by atoms with Crippen molar-refractivity contribution in [2.45, 2.75) is 38.1 Å². The monoisotopic (exact) mass is 243 g/mol. The highest BCUT2D eigenvalue weighted by atomic mass is 32.1. The summed E-state index contributed by atoms with van der Waals surface area (Å²) >= 11 is 5.26. The largest absolute Gasteiger partial charge is 0.360 e. The number of carbonyl (C=O) groups excluding carboxylic acids is 1. The molecule has 0 saturated heterocycles. The first-order valence-corrected chi connectivity index (χ1v) is 6.26. The van der Waals surface area contributed by atoms with Gasteiger partial charge in [0.05, 0.1) is 6.54 Å². The van der Waals surface area contributed by atoms with Crippen molar-refractivity contribution in [1.82, 2.24) is 15.5 Å². The molecular weight excluding hydrogens is 222 g/mol. The van der Waals surface area contributed by atoms with Crippen LogP contribution in [0.4, 0.5) is 0 Å². The van der Waals surface area contributed by atoms with E-state index < -0.39 is 0 Å². The summed E-state index contributed by atoms with van der Waals surface area (Å²) in [5, 5.41) is 6.59. The lowest BCUT2D eigenvalue weighted by Crippen LogP contribution is -2.46. The number of likely N-dealkylation sites (N-methyl/N-ethyl adjacent to an activating group) is 2. The molecule has 0 atom stereocenters. The molecule has 1 aliphatic carbocycles. The minimum atomic E-state index is -0.0182. The highest BCUT2D eigenvalue weighted by Gasteiger charge is 2.16. The lowest BCUT2D eigenvalue weighted by Gasteiger charge is -2.28. The van der Waals surface area contributed by atoms with Gasteiger partial charge < -0.3 is 15.5 Å². The highest BCUT2D eigenvalue weighted by molar-refractivity contribution is 7.80. The highest BCUT2D eigenvalue weighted by Crippen LogP contribution is 2.17. The zero-order chi connectivity index (χ0) is 12.0. The molecule has 4 nitrogen and oxygen atoms in total. The van der Waals surface area contributed by atoms with Gasteiger partial charge in [-0.2, -0.15) is 0 Å². The fraction of sp³-hybridized carbons (Fsp3) is 0.818. The number of rotatable bonds is 3. The van der Waals surface area contributed by atoms with Gasteiger partial charge in [-0.15, -0.1) is 0 Å². The van der Waals surface area contributed by atoms with Crippen molar-refractivity contribution in [3.63, 3.8) is 0 Å². The van der Waals surface area contributed by atoms with Crippen LogP contribution in [-0.2, 0) is 4.79 Å². The molecule has 0 bridgehead atoms. The average molecular weight is 243 g/mol. The summed E-state index contributed by atoms with van der Waals surface area (Å²) in [5.41, 5.74) is 0. The van der Waals surface area contributed by atoms with Crippen molar-refractivity contribution >= 4 is 23.2 Å². The molecule has 0 spiro atoms. The van der Waals surface area contributed by atoms with Crippen molar-refractivity contribution < 1.29 is 4.79 Å². The van der Waals surface area contributed by atoms with E-state index in [1.807, 2.05) is 7.05 Å². The number of nitrogens with zero attached hydrogens (tertiary/aromatic N) is 1. The zero-order valence-corrected chi connectivity index (χ0v) is 10.9. The molecule has 1 aliphatic rings. The van der Waals surface area contributed by atoms with Crippen LogP contribution in [0.3, 0.4) is 0 Å². The van der Waals surface area contributed by atoms with Crippen molar-refractivity contribution in [2.75, 3.05) is 20.6 Å². The third-order valence-corrected chi connectivity index (χ3v) is 3.37. The standard InChI is InChI=1S/C11H21N3OS/c1-12-10(15)8-14(2)11(16)13-9-6-4-3-5-7-9/h9H,3-8H2,1-2H3,(H,12,15)(H,13,16). The third kappa shape index (κ3) is 4.35. The van der Waals surface area contributed by atoms with Gasteiger partial charge in [0.25, 0.3) is 0 Å². The molecule has 1 rings (SSSR count). The van der Waals surface area contributed by atoms with Crippen LogP contribution < -0.4 is 10.6 Å². The van der Waals surface area contributed by atoms with Crippen molar-refractivity contribution in [3.05, 3.63) is 0 Å². The van der Waals surface area contributed by atoms with Gasteiger partial charge in [-0.25, -0.2) is 0 Å². The van der Waals surface area contributed by atoms with Gasteiger partial charge in [0.15, 0.2) is 5.11 Å². The van der Waals surface area contributed by atoms with Crippen LogP contribution in [0.25, 0.3) is 0 Å². The van der Waals surface area contributed by atoms with E-state index in [2.05, 4.69) is 10.6 Å². The fourth-order valence-corrected chi connectivity index (χ4v) is 2.13. The molecule has 0 radical (unpaired) electrons. The Bertz CT molecular complexity index is 252. The third-order valence-electron chi connectivity index (χ3n) is 2.94. The molecular formula is C11H21N3OS. The van der Waals surface area contributed by atoms with Crippen LogP contribution in [-0.4, -0.2) is 42.6 Å². The molecule has 0 heterocycles. The maximum absolute atomic E-state index is 11.2. The molecule has 0 aromatic heterocycles. The van der Waals surface area contributed by atoms with E-state index in [1.54, 1.807) is 11.9 Å². The van der Waals surface area contributed by atoms with Crippen molar-refractivity contribution in [1.29, 1.82) is 0 Å². The Morgan fingerprint density at radius 2 is 2.00 bits per heavy atom. The lowest BCUT2D eigenvalue weighted by molar-refractivity contribution is -0.120. The van der Waals surface area contributed by atoms with Crippen LogP contribution in [0.1, 0.15) is 32.1 Å². The molecule has 1 fully saturated rings. The van der Waals surface area contributed by atoms with Crippen molar-refractivity contribution in [2.24, 2.45) is 0 Å². The van der Waals surface area contributed by atoms with Gasteiger partial charge in [0.2, 0.25) is 5.91 Å². The smallest absolute Gasteiger partial charge is 0.239 e. The van der Waals surface area contributed by atoms with E-state index in [0.717, 1.165) is 0 Å². The van der Waals surface area contributed by atoms with Crippen molar-refractivity contribution in [3.8, 4) is 0 Å². The van der Waals surface area contributed by atoms with Crippen LogP contribution in [0.15, 0.2) is 0 Å². The van der Waals surface area contributed by atoms with E-state index in [-0.39, 0.29) is 5.91 Å². The second-order valence-corrected chi connectivity index (χ2v) is 4.70. The van der Waals surface area contributed by atoms with E-state index >= 15 is 0 Å². The van der Waals surface area contributed by atoms with Crippen LogP contribution in [0.5, 0.6) is 0 Å². The predicted octanol–water partition coefficient (Wildman–Crippen LogP) is 0.871. The number of amides is 1. The topological polar surface area (TPSA) is 44.4 Å². The number of carbonyl (C=O) groups is 1. The lowest BCUT2D eigenvalue weighted by atomic mass is 9.96. The summed E-state index contributed by atoms with van der Waals surface area (Å²) in [6.07, 6.45) is 6.26. The SMILES string of the molecule is CNC(=O)CN(C)C(=S)NC1CCCCC1. The fourth-order valence-electron chi connectivity index (χ4n) is 1.90. The normalized spacial score (nSPS) is 16.6. The van der Waals surface area contributed by atoms with E-state index in [1.165, 1.54) is 32.1 Å². The first kappa shape index (κ1) is 13.2. The molecule has 0 aromatic carbocycles. The van der Waals surface area contributed by atoms with E-state index in [9.17, 15) is 4.79 Å². The molecule has 2 N–H and O–H groups in total. The molecule has 0 aromatic rings. The summed E-state index contributed by atoms with van der Waals surface area (Å²) in [6.45, 7) is 0.315. The molecule has 5 heteroatoms.